The third kappa shape index (κ3) is 5.19. The number of nitrogens with zero attached hydrogens (tertiary/aromatic N) is 2. The number of amides is 1. The van der Waals surface area contributed by atoms with Crippen LogP contribution in [0.2, 0.25) is 0 Å². The van der Waals surface area contributed by atoms with Gasteiger partial charge in [0.15, 0.2) is 11.5 Å². The summed E-state index contributed by atoms with van der Waals surface area (Å²) >= 11 is 0. The van der Waals surface area contributed by atoms with E-state index < -0.39 is 6.09 Å². The molecular formula is C24H27N3O5. The first-order valence-electron chi connectivity index (χ1n) is 10.8. The van der Waals surface area contributed by atoms with Gasteiger partial charge in [-0.15, -0.1) is 0 Å². The zero-order chi connectivity index (χ0) is 22.3. The molecule has 0 bridgehead atoms. The number of aromatic nitrogens is 2. The van der Waals surface area contributed by atoms with Crippen LogP contribution in [0.25, 0.3) is 10.9 Å². The number of rotatable bonds is 6. The molecule has 2 aromatic carbocycles. The van der Waals surface area contributed by atoms with Gasteiger partial charge in [-0.1, -0.05) is 12.8 Å². The molecule has 0 unspecified atom stereocenters. The number of hydrogen-bond acceptors (Lipinski definition) is 7. The van der Waals surface area contributed by atoms with E-state index in [1.54, 1.807) is 50.6 Å². The summed E-state index contributed by atoms with van der Waals surface area (Å²) in [5.74, 6) is 2.11. The first kappa shape index (κ1) is 21.7. The van der Waals surface area contributed by atoms with Gasteiger partial charge < -0.3 is 18.9 Å². The Balaban J connectivity index is 1.43. The number of methoxy groups -OCH3 is 2. The normalized spacial score (nSPS) is 14.4. The minimum Gasteiger partial charge on any atom is -0.493 e. The Morgan fingerprint density at radius 3 is 2.31 bits per heavy atom. The maximum Gasteiger partial charge on any atom is 0.411 e. The summed E-state index contributed by atoms with van der Waals surface area (Å²) in [5.41, 5.74) is 1.31. The molecule has 8 heteroatoms. The Morgan fingerprint density at radius 1 is 0.938 bits per heavy atom. The largest absolute Gasteiger partial charge is 0.493 e. The zero-order valence-corrected chi connectivity index (χ0v) is 18.3. The van der Waals surface area contributed by atoms with Crippen molar-refractivity contribution in [2.75, 3.05) is 19.5 Å². The highest BCUT2D eigenvalue weighted by atomic mass is 16.6. The van der Waals surface area contributed by atoms with E-state index in [0.29, 0.717) is 39.7 Å². The van der Waals surface area contributed by atoms with Crippen LogP contribution >= 0.6 is 0 Å². The summed E-state index contributed by atoms with van der Waals surface area (Å²) in [5, 5.41) is 3.48. The van der Waals surface area contributed by atoms with Crippen molar-refractivity contribution in [3.05, 3.63) is 42.7 Å². The second-order valence-electron chi connectivity index (χ2n) is 7.67. The van der Waals surface area contributed by atoms with Crippen LogP contribution in [0.1, 0.15) is 38.5 Å². The fourth-order valence-electron chi connectivity index (χ4n) is 3.82. The van der Waals surface area contributed by atoms with Gasteiger partial charge in [-0.2, -0.15) is 0 Å². The maximum atomic E-state index is 12.2. The molecule has 32 heavy (non-hydrogen) atoms. The number of anilines is 1. The lowest BCUT2D eigenvalue weighted by Gasteiger charge is -2.16. The van der Waals surface area contributed by atoms with Crippen molar-refractivity contribution in [2.24, 2.45) is 0 Å². The van der Waals surface area contributed by atoms with Crippen molar-refractivity contribution in [1.29, 1.82) is 0 Å². The van der Waals surface area contributed by atoms with E-state index >= 15 is 0 Å². The lowest BCUT2D eigenvalue weighted by Crippen LogP contribution is -2.21. The summed E-state index contributed by atoms with van der Waals surface area (Å²) in [4.78, 5) is 20.8. The minimum absolute atomic E-state index is 0.00164. The molecule has 1 aliphatic rings. The summed E-state index contributed by atoms with van der Waals surface area (Å²) in [6, 6.07) is 10.6. The maximum absolute atomic E-state index is 12.2. The van der Waals surface area contributed by atoms with E-state index in [2.05, 4.69) is 15.3 Å². The average molecular weight is 437 g/mol. The molecular weight excluding hydrogens is 410 g/mol. The summed E-state index contributed by atoms with van der Waals surface area (Å²) < 4.78 is 22.2. The van der Waals surface area contributed by atoms with Gasteiger partial charge in [0, 0.05) is 11.8 Å². The van der Waals surface area contributed by atoms with E-state index in [-0.39, 0.29) is 6.10 Å². The first-order chi connectivity index (χ1) is 15.7. The van der Waals surface area contributed by atoms with Gasteiger partial charge in [0.25, 0.3) is 0 Å². The van der Waals surface area contributed by atoms with Crippen LogP contribution < -0.4 is 19.5 Å². The predicted octanol–water partition coefficient (Wildman–Crippen LogP) is 5.71. The lowest BCUT2D eigenvalue weighted by molar-refractivity contribution is 0.101. The third-order valence-electron chi connectivity index (χ3n) is 5.50. The highest BCUT2D eigenvalue weighted by Crippen LogP contribution is 2.35. The minimum atomic E-state index is -0.423. The van der Waals surface area contributed by atoms with E-state index in [1.165, 1.54) is 19.2 Å². The average Bonchev–Trinajstić information content (AvgIpc) is 3.08. The van der Waals surface area contributed by atoms with Crippen molar-refractivity contribution in [3.63, 3.8) is 0 Å². The number of fused-ring (bicyclic) bond motifs is 1. The number of nitrogens with one attached hydrogen (secondary N) is 1. The van der Waals surface area contributed by atoms with Crippen LogP contribution in [0.3, 0.4) is 0 Å². The second kappa shape index (κ2) is 10.2. The summed E-state index contributed by atoms with van der Waals surface area (Å²) in [6.07, 6.45) is 7.53. The number of ether oxygens (including phenoxy) is 4. The highest BCUT2D eigenvalue weighted by Gasteiger charge is 2.17. The second-order valence-corrected chi connectivity index (χ2v) is 7.67. The molecule has 0 atom stereocenters. The number of carbonyl (C=O) groups is 1. The molecule has 168 valence electrons. The molecule has 0 radical (unpaired) electrons. The number of benzene rings is 2. The first-order valence-corrected chi connectivity index (χ1v) is 10.8. The molecule has 0 spiro atoms. The third-order valence-corrected chi connectivity index (χ3v) is 5.50. The van der Waals surface area contributed by atoms with Crippen LogP contribution in [0.5, 0.6) is 23.1 Å². The van der Waals surface area contributed by atoms with E-state index in [9.17, 15) is 4.79 Å². The summed E-state index contributed by atoms with van der Waals surface area (Å²) in [7, 11) is 3.14. The smallest absolute Gasteiger partial charge is 0.411 e. The van der Waals surface area contributed by atoms with Crippen molar-refractivity contribution in [3.8, 4) is 23.1 Å². The van der Waals surface area contributed by atoms with Crippen LogP contribution in [0.4, 0.5) is 10.5 Å². The highest BCUT2D eigenvalue weighted by molar-refractivity contribution is 5.87. The van der Waals surface area contributed by atoms with E-state index in [4.69, 9.17) is 18.9 Å². The van der Waals surface area contributed by atoms with Crippen LogP contribution in [-0.2, 0) is 4.74 Å². The molecule has 1 aliphatic carbocycles. The SMILES string of the molecule is COc1cc2ncnc(Oc3ccc(NC(=O)OC4CCCCCC4)cc3)c2cc1OC. The predicted molar refractivity (Wildman–Crippen MR) is 121 cm³/mol. The van der Waals surface area contributed by atoms with Crippen molar-refractivity contribution < 1.29 is 23.7 Å². The van der Waals surface area contributed by atoms with Crippen molar-refractivity contribution in [1.82, 2.24) is 9.97 Å². The monoisotopic (exact) mass is 437 g/mol. The molecule has 1 heterocycles. The fourth-order valence-corrected chi connectivity index (χ4v) is 3.82. The fraction of sp³-hybridized carbons (Fsp3) is 0.375. The Kier molecular flexibility index (Phi) is 6.89. The van der Waals surface area contributed by atoms with Crippen LogP contribution in [0.15, 0.2) is 42.7 Å². The molecule has 1 fully saturated rings. The Morgan fingerprint density at radius 2 is 1.62 bits per heavy atom. The van der Waals surface area contributed by atoms with Crippen LogP contribution in [-0.4, -0.2) is 36.4 Å². The quantitative estimate of drug-likeness (QED) is 0.494. The molecule has 0 saturated heterocycles. The number of hydrogen-bond donors (Lipinski definition) is 1. The van der Waals surface area contributed by atoms with Gasteiger partial charge in [0.05, 0.1) is 25.1 Å². The molecule has 3 aromatic rings. The summed E-state index contributed by atoms with van der Waals surface area (Å²) in [6.45, 7) is 0. The molecule has 1 amide bonds. The van der Waals surface area contributed by atoms with Crippen molar-refractivity contribution >= 4 is 22.7 Å². The van der Waals surface area contributed by atoms with Crippen LogP contribution in [0, 0.1) is 0 Å². The lowest BCUT2D eigenvalue weighted by atomic mass is 10.2. The number of carbonyl (C=O) groups excluding carboxylic acids is 1. The van der Waals surface area contributed by atoms with E-state index in [0.717, 1.165) is 25.7 Å². The van der Waals surface area contributed by atoms with Gasteiger partial charge in [-0.3, -0.25) is 5.32 Å². The molecule has 8 nitrogen and oxygen atoms in total. The van der Waals surface area contributed by atoms with Gasteiger partial charge in [0.1, 0.15) is 18.2 Å². The molecule has 1 saturated carbocycles. The van der Waals surface area contributed by atoms with Gasteiger partial charge in [0.2, 0.25) is 5.88 Å². The molecule has 4 rings (SSSR count). The molecule has 1 N–H and O–H groups in total. The van der Waals surface area contributed by atoms with Gasteiger partial charge in [-0.05, 0) is 56.0 Å². The standard InChI is InChI=1S/C24H27N3O5/c1-29-21-13-19-20(14-22(21)30-2)25-15-26-23(19)31-18-11-9-16(10-12-18)27-24(28)32-17-7-5-3-4-6-8-17/h9-15,17H,3-8H2,1-2H3,(H,27,28). The van der Waals surface area contributed by atoms with E-state index in [1.807, 2.05) is 0 Å². The Labute approximate surface area is 186 Å². The van der Waals surface area contributed by atoms with Crippen molar-refractivity contribution in [2.45, 2.75) is 44.6 Å². The zero-order valence-electron chi connectivity index (χ0n) is 18.3. The molecule has 1 aromatic heterocycles. The van der Waals surface area contributed by atoms with Gasteiger partial charge in [-0.25, -0.2) is 14.8 Å². The Bertz CT molecular complexity index is 1060. The Hall–Kier alpha value is -3.55. The molecule has 0 aliphatic heterocycles. The topological polar surface area (TPSA) is 91.8 Å². The van der Waals surface area contributed by atoms with Gasteiger partial charge >= 0.3 is 6.09 Å².